The summed E-state index contributed by atoms with van der Waals surface area (Å²) in [7, 11) is 0. The quantitative estimate of drug-likeness (QED) is 0.174. The number of fused-ring (bicyclic) bond motifs is 1. The van der Waals surface area contributed by atoms with E-state index in [1.807, 2.05) is 0 Å². The zero-order chi connectivity index (χ0) is 20.1. The van der Waals surface area contributed by atoms with E-state index in [9.17, 15) is 0 Å². The van der Waals surface area contributed by atoms with Gasteiger partial charge in [0.25, 0.3) is 0 Å². The molecule has 1 unspecified atom stereocenters. The molecule has 0 N–H and O–H groups in total. The van der Waals surface area contributed by atoms with Gasteiger partial charge in [-0.1, -0.05) is 88.7 Å². The van der Waals surface area contributed by atoms with Gasteiger partial charge in [0.05, 0.1) is 12.2 Å². The second-order valence-corrected chi connectivity index (χ2v) is 9.16. The summed E-state index contributed by atoms with van der Waals surface area (Å²) >= 11 is 7.00. The Balaban J connectivity index is 1.94. The predicted molar refractivity (Wildman–Crippen MR) is 127 cm³/mol. The van der Waals surface area contributed by atoms with E-state index < -0.39 is 0 Å². The minimum atomic E-state index is -0.200. The van der Waals surface area contributed by atoms with Crippen LogP contribution in [-0.2, 0) is 15.1 Å². The summed E-state index contributed by atoms with van der Waals surface area (Å²) in [6.45, 7) is 3.88. The Morgan fingerprint density at radius 2 is 1.50 bits per heavy atom. The van der Waals surface area contributed by atoms with Crippen molar-refractivity contribution < 1.29 is 9.47 Å². The maximum absolute atomic E-state index is 6.53. The van der Waals surface area contributed by atoms with E-state index in [1.165, 1.54) is 49.7 Å². The molecule has 2 nitrogen and oxygen atoms in total. The van der Waals surface area contributed by atoms with Crippen molar-refractivity contribution in [1.82, 2.24) is 0 Å². The summed E-state index contributed by atoms with van der Waals surface area (Å²) in [6, 6.07) is 8.66. The third-order valence-electron chi connectivity index (χ3n) is 5.56. The van der Waals surface area contributed by atoms with E-state index in [4.69, 9.17) is 9.47 Å². The van der Waals surface area contributed by atoms with Crippen LogP contribution in [0, 0.1) is 0 Å². The van der Waals surface area contributed by atoms with E-state index in [0.29, 0.717) is 0 Å². The molecule has 0 bridgehead atoms. The lowest BCUT2D eigenvalue weighted by molar-refractivity contribution is -0.0552. The van der Waals surface area contributed by atoms with Crippen molar-refractivity contribution in [2.45, 2.75) is 76.7 Å². The summed E-state index contributed by atoms with van der Waals surface area (Å²) in [4.78, 5) is 0. The third-order valence-corrected chi connectivity index (χ3v) is 6.69. The Morgan fingerprint density at radius 1 is 0.857 bits per heavy atom. The number of unbranched alkanes of at least 4 members (excludes halogenated alkanes) is 6. The van der Waals surface area contributed by atoms with Gasteiger partial charge in [-0.05, 0) is 43.7 Å². The Labute approximate surface area is 188 Å². The number of halogens is 2. The summed E-state index contributed by atoms with van der Waals surface area (Å²) in [5, 5.41) is 2.20. The average Bonchev–Trinajstić information content (AvgIpc) is 2.74. The maximum Gasteiger partial charge on any atom is 0.123 e. The van der Waals surface area contributed by atoms with Crippen LogP contribution in [-0.4, -0.2) is 23.9 Å². The molecule has 0 aromatic heterocycles. The first kappa shape index (κ1) is 24.0. The molecule has 1 aliphatic carbocycles. The molecule has 0 aliphatic heterocycles. The van der Waals surface area contributed by atoms with Crippen molar-refractivity contribution in [3.63, 3.8) is 0 Å². The van der Waals surface area contributed by atoms with Crippen molar-refractivity contribution in [3.8, 4) is 0 Å². The lowest BCUT2D eigenvalue weighted by atomic mass is 9.80. The first-order valence-corrected chi connectivity index (χ1v) is 13.2. The monoisotopic (exact) mass is 514 g/mol. The zero-order valence-electron chi connectivity index (χ0n) is 17.4. The van der Waals surface area contributed by atoms with Crippen LogP contribution in [0.4, 0.5) is 0 Å². The number of benzene rings is 1. The van der Waals surface area contributed by atoms with Gasteiger partial charge in [0.1, 0.15) is 5.76 Å². The number of hydrogen-bond acceptors (Lipinski definition) is 2. The van der Waals surface area contributed by atoms with Crippen LogP contribution in [0.15, 0.2) is 30.3 Å². The molecule has 4 heteroatoms. The van der Waals surface area contributed by atoms with Crippen molar-refractivity contribution in [1.29, 1.82) is 0 Å². The van der Waals surface area contributed by atoms with Gasteiger partial charge in [0, 0.05) is 29.3 Å². The molecule has 1 aliphatic rings. The number of ether oxygens (including phenoxy) is 2. The summed E-state index contributed by atoms with van der Waals surface area (Å²) in [6.07, 6.45) is 13.9. The average molecular weight is 516 g/mol. The number of alkyl halides is 2. The fourth-order valence-electron chi connectivity index (χ4n) is 3.83. The van der Waals surface area contributed by atoms with Gasteiger partial charge >= 0.3 is 0 Å². The molecule has 2 rings (SSSR count). The second kappa shape index (κ2) is 13.8. The molecule has 0 radical (unpaired) electrons. The lowest BCUT2D eigenvalue weighted by Crippen LogP contribution is -2.32. The van der Waals surface area contributed by atoms with Crippen molar-refractivity contribution in [3.05, 3.63) is 41.5 Å². The highest BCUT2D eigenvalue weighted by Crippen LogP contribution is 2.43. The molecule has 1 aromatic carbocycles. The topological polar surface area (TPSA) is 18.5 Å². The minimum Gasteiger partial charge on any atom is -0.493 e. The molecule has 0 spiro atoms. The Hall–Kier alpha value is -0.320. The molecular weight excluding hydrogens is 480 g/mol. The van der Waals surface area contributed by atoms with Crippen LogP contribution in [0.2, 0.25) is 0 Å². The molecule has 0 saturated heterocycles. The van der Waals surface area contributed by atoms with Crippen LogP contribution in [0.25, 0.3) is 5.76 Å². The molecule has 1 atom stereocenters. The minimum absolute atomic E-state index is 0.200. The molecule has 1 aromatic rings. The van der Waals surface area contributed by atoms with Crippen molar-refractivity contribution in [2.24, 2.45) is 0 Å². The van der Waals surface area contributed by atoms with Crippen LogP contribution in [0.5, 0.6) is 0 Å². The van der Waals surface area contributed by atoms with Gasteiger partial charge in [0.2, 0.25) is 0 Å². The standard InChI is InChI=1S/C24H36Br2O2/c1-2-24(28-20-12-6-4-10-18-26)16-15-23(21-13-7-8-14-22(21)24)27-19-11-5-3-9-17-25/h7-8,13-15H,2-6,9-12,16-20H2,1H3. The van der Waals surface area contributed by atoms with Crippen molar-refractivity contribution >= 4 is 37.6 Å². The van der Waals surface area contributed by atoms with E-state index in [2.05, 4.69) is 69.1 Å². The van der Waals surface area contributed by atoms with Crippen LogP contribution >= 0.6 is 31.9 Å². The first-order valence-electron chi connectivity index (χ1n) is 11.0. The maximum atomic E-state index is 6.53. The molecular formula is C24H36Br2O2. The fourth-order valence-corrected chi connectivity index (χ4v) is 4.63. The molecule has 0 fully saturated rings. The third kappa shape index (κ3) is 7.18. The lowest BCUT2D eigenvalue weighted by Gasteiger charge is -2.37. The molecule has 28 heavy (non-hydrogen) atoms. The highest BCUT2D eigenvalue weighted by atomic mass is 79.9. The highest BCUT2D eigenvalue weighted by Gasteiger charge is 2.36. The normalized spacial score (nSPS) is 18.6. The largest absolute Gasteiger partial charge is 0.493 e. The second-order valence-electron chi connectivity index (χ2n) is 7.57. The first-order chi connectivity index (χ1) is 13.8. The van der Waals surface area contributed by atoms with Crippen LogP contribution in [0.3, 0.4) is 0 Å². The summed E-state index contributed by atoms with van der Waals surface area (Å²) in [5.41, 5.74) is 2.32. The summed E-state index contributed by atoms with van der Waals surface area (Å²) in [5.74, 6) is 1.04. The van der Waals surface area contributed by atoms with Gasteiger partial charge in [0.15, 0.2) is 0 Å². The number of hydrogen-bond donors (Lipinski definition) is 0. The number of rotatable bonds is 15. The predicted octanol–water partition coefficient (Wildman–Crippen LogP) is 7.98. The Kier molecular flexibility index (Phi) is 11.8. The van der Waals surface area contributed by atoms with Gasteiger partial charge < -0.3 is 9.47 Å². The molecule has 158 valence electrons. The Bertz CT molecular complexity index is 588. The van der Waals surface area contributed by atoms with Gasteiger partial charge in [-0.15, -0.1) is 0 Å². The van der Waals surface area contributed by atoms with Gasteiger partial charge in [-0.25, -0.2) is 0 Å². The smallest absolute Gasteiger partial charge is 0.123 e. The Morgan fingerprint density at radius 3 is 2.18 bits per heavy atom. The molecule has 0 amide bonds. The fraction of sp³-hybridized carbons (Fsp3) is 0.667. The van der Waals surface area contributed by atoms with E-state index in [-0.39, 0.29) is 5.60 Å². The molecule has 0 heterocycles. The van der Waals surface area contributed by atoms with Gasteiger partial charge in [-0.2, -0.15) is 0 Å². The zero-order valence-corrected chi connectivity index (χ0v) is 20.5. The summed E-state index contributed by atoms with van der Waals surface area (Å²) < 4.78 is 12.7. The van der Waals surface area contributed by atoms with Gasteiger partial charge in [-0.3, -0.25) is 0 Å². The van der Waals surface area contributed by atoms with Crippen LogP contribution in [0.1, 0.15) is 82.3 Å². The van der Waals surface area contributed by atoms with Crippen LogP contribution < -0.4 is 0 Å². The van der Waals surface area contributed by atoms with E-state index >= 15 is 0 Å². The van der Waals surface area contributed by atoms with E-state index in [0.717, 1.165) is 55.3 Å². The van der Waals surface area contributed by atoms with Crippen molar-refractivity contribution in [2.75, 3.05) is 23.9 Å². The molecule has 0 saturated carbocycles. The SMILES string of the molecule is CCC1(OCCCCCCBr)CC=C(OCCCCCCBr)c2ccccc21. The highest BCUT2D eigenvalue weighted by molar-refractivity contribution is 9.09. The van der Waals surface area contributed by atoms with E-state index in [1.54, 1.807) is 0 Å².